The van der Waals surface area contributed by atoms with Crippen LogP contribution in [0.5, 0.6) is 5.75 Å². The minimum Gasteiger partial charge on any atom is -0.421 e. The molecule has 2 N–H and O–H groups in total. The van der Waals surface area contributed by atoms with Crippen LogP contribution in [0.3, 0.4) is 0 Å². The highest BCUT2D eigenvalue weighted by molar-refractivity contribution is 7.95. The summed E-state index contributed by atoms with van der Waals surface area (Å²) in [6.45, 7) is 3.86. The molecule has 0 aliphatic heterocycles. The van der Waals surface area contributed by atoms with Gasteiger partial charge < -0.3 is 9.50 Å². The van der Waals surface area contributed by atoms with Crippen molar-refractivity contribution in [1.29, 1.82) is 0 Å². The monoisotopic (exact) mass is 428 g/mol. The molecule has 6 nitrogen and oxygen atoms in total. The second-order valence-corrected chi connectivity index (χ2v) is 8.87. The molecule has 2 amide bonds. The number of hydrogen-bond acceptors (Lipinski definition) is 5. The molecular formula is C21H20N2O4S2. The molecule has 3 aromatic carbocycles. The van der Waals surface area contributed by atoms with E-state index in [2.05, 4.69) is 5.32 Å². The molecule has 29 heavy (non-hydrogen) atoms. The van der Waals surface area contributed by atoms with Gasteiger partial charge in [0, 0.05) is 16.6 Å². The minimum atomic E-state index is -3.95. The Kier molecular flexibility index (Phi) is 6.46. The van der Waals surface area contributed by atoms with Crippen LogP contribution in [0.15, 0.2) is 82.6 Å². The van der Waals surface area contributed by atoms with Gasteiger partial charge >= 0.3 is 6.03 Å². The van der Waals surface area contributed by atoms with Crippen molar-refractivity contribution in [1.82, 2.24) is 4.72 Å². The van der Waals surface area contributed by atoms with E-state index in [0.717, 1.165) is 16.0 Å². The maximum atomic E-state index is 12.3. The van der Waals surface area contributed by atoms with E-state index in [1.165, 1.54) is 24.2 Å². The number of benzene rings is 3. The van der Waals surface area contributed by atoms with Gasteiger partial charge in [-0.2, -0.15) is 0 Å². The van der Waals surface area contributed by atoms with E-state index in [9.17, 15) is 13.2 Å². The third-order valence-electron chi connectivity index (χ3n) is 3.91. The zero-order valence-electron chi connectivity index (χ0n) is 15.9. The zero-order valence-corrected chi connectivity index (χ0v) is 17.5. The molecule has 0 aliphatic rings. The molecule has 0 aliphatic carbocycles. The summed E-state index contributed by atoms with van der Waals surface area (Å²) in [6.07, 6.45) is 0. The number of aryl methyl sites for hydroxylation is 2. The maximum absolute atomic E-state index is 12.3. The Labute approximate surface area is 174 Å². The average molecular weight is 429 g/mol. The van der Waals surface area contributed by atoms with Crippen LogP contribution in [0.25, 0.3) is 0 Å². The maximum Gasteiger partial charge on any atom is 0.333 e. The van der Waals surface area contributed by atoms with E-state index >= 15 is 0 Å². The molecule has 0 aromatic heterocycles. The van der Waals surface area contributed by atoms with Crippen LogP contribution in [-0.4, -0.2) is 14.4 Å². The molecule has 0 fully saturated rings. The lowest BCUT2D eigenvalue weighted by atomic mass is 10.2. The van der Waals surface area contributed by atoms with Gasteiger partial charge in [0.15, 0.2) is 0 Å². The second kappa shape index (κ2) is 9.02. The Morgan fingerprint density at radius 3 is 2.17 bits per heavy atom. The molecule has 8 heteroatoms. The van der Waals surface area contributed by atoms with Crippen LogP contribution in [0.1, 0.15) is 11.1 Å². The number of urea groups is 1. The smallest absolute Gasteiger partial charge is 0.333 e. The average Bonchev–Trinajstić information content (AvgIpc) is 2.68. The summed E-state index contributed by atoms with van der Waals surface area (Å²) in [4.78, 5) is 13.1. The number of rotatable bonds is 6. The van der Waals surface area contributed by atoms with E-state index in [0.29, 0.717) is 11.4 Å². The van der Waals surface area contributed by atoms with Gasteiger partial charge in [0.05, 0.1) is 16.9 Å². The lowest BCUT2D eigenvalue weighted by Gasteiger charge is -2.10. The molecule has 0 bridgehead atoms. The molecule has 150 valence electrons. The Morgan fingerprint density at radius 2 is 1.52 bits per heavy atom. The molecule has 3 aromatic rings. The fourth-order valence-electron chi connectivity index (χ4n) is 2.37. The van der Waals surface area contributed by atoms with Crippen molar-refractivity contribution in [3.8, 4) is 5.75 Å². The minimum absolute atomic E-state index is 0.0184. The summed E-state index contributed by atoms with van der Waals surface area (Å²) in [6, 6.07) is 19.9. The van der Waals surface area contributed by atoms with Crippen LogP contribution in [0.4, 0.5) is 10.5 Å². The third kappa shape index (κ3) is 6.00. The fraction of sp³-hybridized carbons (Fsp3) is 0.0952. The van der Waals surface area contributed by atoms with Crippen molar-refractivity contribution in [2.75, 3.05) is 5.32 Å². The summed E-state index contributed by atoms with van der Waals surface area (Å²) in [7, 11) is -3.95. The van der Waals surface area contributed by atoms with Crippen molar-refractivity contribution < 1.29 is 17.4 Å². The third-order valence-corrected chi connectivity index (χ3v) is 5.99. The first-order valence-corrected chi connectivity index (χ1v) is 11.0. The van der Waals surface area contributed by atoms with E-state index in [1.807, 2.05) is 42.8 Å². The first-order valence-electron chi connectivity index (χ1n) is 8.73. The van der Waals surface area contributed by atoms with E-state index in [1.54, 1.807) is 36.4 Å². The molecule has 0 saturated heterocycles. The number of carbonyl (C=O) groups excluding carboxylic acids is 1. The predicted octanol–water partition coefficient (Wildman–Crippen LogP) is 4.90. The highest BCUT2D eigenvalue weighted by atomic mass is 32.2. The van der Waals surface area contributed by atoms with Gasteiger partial charge in [-0.25, -0.2) is 17.9 Å². The van der Waals surface area contributed by atoms with E-state index < -0.39 is 16.1 Å². The highest BCUT2D eigenvalue weighted by Crippen LogP contribution is 2.26. The summed E-state index contributed by atoms with van der Waals surface area (Å²) in [5.41, 5.74) is 2.49. The van der Waals surface area contributed by atoms with Gasteiger partial charge in [-0.05, 0) is 50.2 Å². The Hall–Kier alpha value is -2.97. The molecule has 0 heterocycles. The molecule has 0 spiro atoms. The topological polar surface area (TPSA) is 84.5 Å². The van der Waals surface area contributed by atoms with Gasteiger partial charge in [0.2, 0.25) is 0 Å². The first-order chi connectivity index (χ1) is 13.8. The summed E-state index contributed by atoms with van der Waals surface area (Å²) in [5, 5.41) is 2.51. The summed E-state index contributed by atoms with van der Waals surface area (Å²) < 4.78 is 32.3. The van der Waals surface area contributed by atoms with Crippen LogP contribution in [0.2, 0.25) is 0 Å². The molecule has 0 unspecified atom stereocenters. The van der Waals surface area contributed by atoms with Crippen LogP contribution < -0.4 is 14.2 Å². The van der Waals surface area contributed by atoms with Crippen LogP contribution in [0, 0.1) is 13.8 Å². The normalized spacial score (nSPS) is 11.0. The Bertz CT molecular complexity index is 1100. The molecule has 0 saturated carbocycles. The van der Waals surface area contributed by atoms with Gasteiger partial charge in [-0.15, -0.1) is 0 Å². The van der Waals surface area contributed by atoms with Gasteiger partial charge in [0.1, 0.15) is 5.75 Å². The SMILES string of the molecule is Cc1ccc(SOc2cccc(NC(=O)NS(=O)(=O)c3ccc(C)cc3)c2)cc1. The Balaban J connectivity index is 1.61. The predicted molar refractivity (Wildman–Crippen MR) is 115 cm³/mol. The van der Waals surface area contributed by atoms with Crippen LogP contribution >= 0.6 is 12.0 Å². The fourth-order valence-corrected chi connectivity index (χ4v) is 3.82. The standard InChI is InChI=1S/C21H20N2O4S2/c1-15-6-10-19(11-7-15)28-27-18-5-3-4-17(14-18)22-21(24)23-29(25,26)20-12-8-16(2)9-13-20/h3-14H,1-2H3,(H2,22,23,24). The molecular weight excluding hydrogens is 408 g/mol. The lowest BCUT2D eigenvalue weighted by molar-refractivity contribution is 0.256. The largest absolute Gasteiger partial charge is 0.421 e. The van der Waals surface area contributed by atoms with Gasteiger partial charge in [-0.3, -0.25) is 0 Å². The van der Waals surface area contributed by atoms with Gasteiger partial charge in [0.25, 0.3) is 10.0 Å². The highest BCUT2D eigenvalue weighted by Gasteiger charge is 2.17. The second-order valence-electron chi connectivity index (χ2n) is 6.38. The molecule has 0 radical (unpaired) electrons. The first kappa shape index (κ1) is 20.8. The lowest BCUT2D eigenvalue weighted by Crippen LogP contribution is -2.34. The van der Waals surface area contributed by atoms with E-state index in [-0.39, 0.29) is 4.90 Å². The summed E-state index contributed by atoms with van der Waals surface area (Å²) >= 11 is 1.19. The molecule has 0 atom stereocenters. The summed E-state index contributed by atoms with van der Waals surface area (Å²) in [5.74, 6) is 0.523. The van der Waals surface area contributed by atoms with Crippen molar-refractivity contribution in [2.24, 2.45) is 0 Å². The van der Waals surface area contributed by atoms with Crippen molar-refractivity contribution in [3.05, 3.63) is 83.9 Å². The number of nitrogens with one attached hydrogen (secondary N) is 2. The number of hydrogen-bond donors (Lipinski definition) is 2. The molecule has 3 rings (SSSR count). The Morgan fingerprint density at radius 1 is 0.897 bits per heavy atom. The number of amides is 2. The van der Waals surface area contributed by atoms with Crippen molar-refractivity contribution in [2.45, 2.75) is 23.6 Å². The quantitative estimate of drug-likeness (QED) is 0.546. The number of sulfonamides is 1. The zero-order chi connectivity index (χ0) is 20.9. The number of carbonyl (C=O) groups is 1. The number of anilines is 1. The van der Waals surface area contributed by atoms with Gasteiger partial charge in [-0.1, -0.05) is 41.5 Å². The van der Waals surface area contributed by atoms with Crippen molar-refractivity contribution in [3.63, 3.8) is 0 Å². The van der Waals surface area contributed by atoms with E-state index in [4.69, 9.17) is 4.18 Å². The van der Waals surface area contributed by atoms with Crippen molar-refractivity contribution >= 4 is 33.8 Å². The van der Waals surface area contributed by atoms with Crippen LogP contribution in [-0.2, 0) is 10.0 Å².